The van der Waals surface area contributed by atoms with Crippen molar-refractivity contribution in [3.8, 4) is 17.0 Å². The predicted octanol–water partition coefficient (Wildman–Crippen LogP) is 2.46. The highest BCUT2D eigenvalue weighted by Crippen LogP contribution is 2.36. The van der Waals surface area contributed by atoms with Crippen LogP contribution in [0.25, 0.3) is 11.3 Å². The van der Waals surface area contributed by atoms with Gasteiger partial charge in [-0.2, -0.15) is 0 Å². The molecule has 2 aromatic rings. The van der Waals surface area contributed by atoms with Crippen LogP contribution in [0, 0.1) is 0 Å². The van der Waals surface area contributed by atoms with E-state index in [9.17, 15) is 14.3 Å². The average molecular weight is 426 g/mol. The number of amides is 1. The van der Waals surface area contributed by atoms with Crippen LogP contribution in [0.15, 0.2) is 30.6 Å². The van der Waals surface area contributed by atoms with Gasteiger partial charge in [-0.3, -0.25) is 9.78 Å². The van der Waals surface area contributed by atoms with Gasteiger partial charge in [0.25, 0.3) is 0 Å². The Morgan fingerprint density at radius 3 is 2.77 bits per heavy atom. The number of hydrogen-bond acceptors (Lipinski definition) is 6. The van der Waals surface area contributed by atoms with E-state index in [-0.39, 0.29) is 29.7 Å². The van der Waals surface area contributed by atoms with Gasteiger partial charge in [-0.1, -0.05) is 6.07 Å². The molecular formula is C23H28FN5O2. The van der Waals surface area contributed by atoms with Gasteiger partial charge < -0.3 is 20.2 Å². The van der Waals surface area contributed by atoms with E-state index in [4.69, 9.17) is 0 Å². The maximum absolute atomic E-state index is 14.9. The van der Waals surface area contributed by atoms with E-state index in [1.807, 2.05) is 24.1 Å². The van der Waals surface area contributed by atoms with Crippen LogP contribution in [0.2, 0.25) is 0 Å². The number of aromatic hydroxyl groups is 1. The lowest BCUT2D eigenvalue weighted by Gasteiger charge is -2.38. The molecular weight excluding hydrogens is 397 g/mol. The number of nitrogens with one attached hydrogen (secondary N) is 1. The van der Waals surface area contributed by atoms with Crippen molar-refractivity contribution in [2.24, 2.45) is 0 Å². The Kier molecular flexibility index (Phi) is 5.04. The van der Waals surface area contributed by atoms with Gasteiger partial charge in [-0.15, -0.1) is 0 Å². The predicted molar refractivity (Wildman–Crippen MR) is 116 cm³/mol. The highest BCUT2D eigenvalue weighted by atomic mass is 19.1. The lowest BCUT2D eigenvalue weighted by molar-refractivity contribution is -0.126. The number of likely N-dealkylation sites (tertiary alicyclic amines) is 1. The van der Waals surface area contributed by atoms with Crippen molar-refractivity contribution in [1.29, 1.82) is 0 Å². The number of anilines is 1. The number of phenolic OH excluding ortho intramolecular Hbond substituents is 1. The minimum absolute atomic E-state index is 0.0659. The van der Waals surface area contributed by atoms with Crippen molar-refractivity contribution in [3.63, 3.8) is 0 Å². The standard InChI is InChI=1S/C23H28FN5O2/c1-28-12-14(8-22(28)31)13-3-5-16(20(30)7-13)18-10-26-21(11-25-18)29(2)19-9-15-4-6-17(27-15)23(19)24/h3,5,7,10-11,14-15,17,19,23,27,30H,4,6,8-9,12H2,1-2H3/t14-,15?,17+,19-,23+/m1/s1. The Morgan fingerprint density at radius 2 is 2.10 bits per heavy atom. The average Bonchev–Trinajstić information content (AvgIpc) is 3.34. The summed E-state index contributed by atoms with van der Waals surface area (Å²) in [6.45, 7) is 0.659. The smallest absolute Gasteiger partial charge is 0.223 e. The van der Waals surface area contributed by atoms with E-state index in [0.717, 1.165) is 24.8 Å². The van der Waals surface area contributed by atoms with Gasteiger partial charge in [0.15, 0.2) is 0 Å². The fourth-order valence-corrected chi connectivity index (χ4v) is 5.27. The number of phenols is 1. The third kappa shape index (κ3) is 3.63. The molecule has 31 heavy (non-hydrogen) atoms. The van der Waals surface area contributed by atoms with Gasteiger partial charge >= 0.3 is 0 Å². The van der Waals surface area contributed by atoms with E-state index in [1.54, 1.807) is 30.4 Å². The van der Waals surface area contributed by atoms with Crippen LogP contribution in [0.3, 0.4) is 0 Å². The zero-order valence-corrected chi connectivity index (χ0v) is 17.8. The number of fused-ring (bicyclic) bond motifs is 2. The van der Waals surface area contributed by atoms with E-state index >= 15 is 0 Å². The molecule has 3 fully saturated rings. The minimum atomic E-state index is -0.927. The number of likely N-dealkylation sites (N-methyl/N-ethyl adjacent to an activating group) is 1. The number of piperidine rings is 1. The lowest BCUT2D eigenvalue weighted by atomic mass is 9.96. The first-order chi connectivity index (χ1) is 14.9. The molecule has 1 amide bonds. The molecule has 3 aliphatic heterocycles. The Bertz CT molecular complexity index is 984. The second kappa shape index (κ2) is 7.75. The van der Waals surface area contributed by atoms with Crippen molar-refractivity contribution >= 4 is 11.7 Å². The van der Waals surface area contributed by atoms with Gasteiger partial charge in [0, 0.05) is 50.6 Å². The molecule has 2 N–H and O–H groups in total. The van der Waals surface area contributed by atoms with Gasteiger partial charge in [0.2, 0.25) is 5.91 Å². The summed E-state index contributed by atoms with van der Waals surface area (Å²) in [7, 11) is 3.67. The highest BCUT2D eigenvalue weighted by Gasteiger charge is 2.43. The molecule has 5 rings (SSSR count). The maximum atomic E-state index is 14.9. The first-order valence-corrected chi connectivity index (χ1v) is 10.9. The Balaban J connectivity index is 1.32. The molecule has 2 bridgehead atoms. The second-order valence-corrected chi connectivity index (χ2v) is 9.12. The molecule has 7 nitrogen and oxygen atoms in total. The van der Waals surface area contributed by atoms with Gasteiger partial charge in [-0.25, -0.2) is 9.37 Å². The van der Waals surface area contributed by atoms with Crippen molar-refractivity contribution in [2.75, 3.05) is 25.5 Å². The third-order valence-corrected chi connectivity index (χ3v) is 7.16. The van der Waals surface area contributed by atoms with Crippen molar-refractivity contribution < 1.29 is 14.3 Å². The van der Waals surface area contributed by atoms with Crippen LogP contribution in [-0.2, 0) is 4.79 Å². The molecule has 0 aliphatic carbocycles. The second-order valence-electron chi connectivity index (χ2n) is 9.12. The topological polar surface area (TPSA) is 81.6 Å². The minimum Gasteiger partial charge on any atom is -0.507 e. The molecule has 1 aromatic carbocycles. The quantitative estimate of drug-likeness (QED) is 0.783. The zero-order chi connectivity index (χ0) is 21.7. The number of aromatic nitrogens is 2. The van der Waals surface area contributed by atoms with E-state index in [1.165, 1.54) is 0 Å². The maximum Gasteiger partial charge on any atom is 0.223 e. The van der Waals surface area contributed by atoms with Crippen molar-refractivity contribution in [3.05, 3.63) is 36.2 Å². The molecule has 3 aliphatic rings. The molecule has 5 atom stereocenters. The van der Waals surface area contributed by atoms with Crippen LogP contribution >= 0.6 is 0 Å². The summed E-state index contributed by atoms with van der Waals surface area (Å²) in [6.07, 6.45) is 5.48. The SMILES string of the molecule is CN1C[C@H](c2ccc(-c3cnc(N(C)[C@@H]4CC5CC[C@H](N5)[C@@H]4F)cn3)c(O)c2)CC1=O. The van der Waals surface area contributed by atoms with Gasteiger partial charge in [0.1, 0.15) is 17.7 Å². The summed E-state index contributed by atoms with van der Waals surface area (Å²) >= 11 is 0. The molecule has 3 saturated heterocycles. The van der Waals surface area contributed by atoms with Gasteiger partial charge in [-0.05, 0) is 37.0 Å². The van der Waals surface area contributed by atoms with Crippen LogP contribution < -0.4 is 10.2 Å². The van der Waals surface area contributed by atoms with E-state index in [2.05, 4.69) is 15.3 Å². The van der Waals surface area contributed by atoms with E-state index < -0.39 is 6.17 Å². The molecule has 0 spiro atoms. The van der Waals surface area contributed by atoms with E-state index in [0.29, 0.717) is 36.1 Å². The number of carbonyl (C=O) groups is 1. The summed E-state index contributed by atoms with van der Waals surface area (Å²) in [6, 6.07) is 5.58. The Morgan fingerprint density at radius 1 is 1.26 bits per heavy atom. The van der Waals surface area contributed by atoms with Gasteiger partial charge in [0.05, 0.1) is 24.1 Å². The molecule has 0 radical (unpaired) electrons. The van der Waals surface area contributed by atoms with Crippen LogP contribution in [0.4, 0.5) is 10.2 Å². The van der Waals surface area contributed by atoms with Crippen LogP contribution in [0.1, 0.15) is 37.2 Å². The molecule has 4 heterocycles. The number of benzene rings is 1. The zero-order valence-electron chi connectivity index (χ0n) is 17.8. The highest BCUT2D eigenvalue weighted by molar-refractivity contribution is 5.79. The third-order valence-electron chi connectivity index (χ3n) is 7.16. The summed E-state index contributed by atoms with van der Waals surface area (Å²) in [4.78, 5) is 24.4. The first-order valence-electron chi connectivity index (χ1n) is 10.9. The number of nitrogens with zero attached hydrogens (tertiary/aromatic N) is 4. The number of rotatable bonds is 4. The molecule has 1 aromatic heterocycles. The van der Waals surface area contributed by atoms with Crippen LogP contribution in [0.5, 0.6) is 5.75 Å². The fourth-order valence-electron chi connectivity index (χ4n) is 5.27. The van der Waals surface area contributed by atoms with Crippen molar-refractivity contribution in [1.82, 2.24) is 20.2 Å². The molecule has 0 saturated carbocycles. The molecule has 8 heteroatoms. The first kappa shape index (κ1) is 20.2. The van der Waals surface area contributed by atoms with Crippen LogP contribution in [-0.4, -0.2) is 70.8 Å². The summed E-state index contributed by atoms with van der Waals surface area (Å²) in [5.41, 5.74) is 2.09. The summed E-state index contributed by atoms with van der Waals surface area (Å²) in [5.74, 6) is 0.958. The Labute approximate surface area is 181 Å². The number of hydrogen-bond donors (Lipinski definition) is 2. The normalized spacial score (nSPS) is 30.1. The lowest BCUT2D eigenvalue weighted by Crippen LogP contribution is -2.55. The molecule has 1 unspecified atom stereocenters. The van der Waals surface area contributed by atoms with Crippen molar-refractivity contribution in [2.45, 2.75) is 55.9 Å². The fraction of sp³-hybridized carbons (Fsp3) is 0.522. The largest absolute Gasteiger partial charge is 0.507 e. The summed E-state index contributed by atoms with van der Waals surface area (Å²) < 4.78 is 14.9. The monoisotopic (exact) mass is 425 g/mol. The summed E-state index contributed by atoms with van der Waals surface area (Å²) in [5, 5.41) is 13.9. The number of alkyl halides is 1. The Hall–Kier alpha value is -2.74. The molecule has 164 valence electrons. The number of carbonyl (C=O) groups excluding carboxylic acids is 1. The number of halogens is 1.